The van der Waals surface area contributed by atoms with Crippen LogP contribution >= 0.6 is 24.0 Å². The highest BCUT2D eigenvalue weighted by molar-refractivity contribution is 14.0. The molecule has 1 saturated heterocycles. The minimum absolute atomic E-state index is 0. The Labute approximate surface area is 191 Å². The first-order valence-corrected chi connectivity index (χ1v) is 10.1. The van der Waals surface area contributed by atoms with Crippen LogP contribution in [-0.2, 0) is 4.74 Å². The first-order valence-electron chi connectivity index (χ1n) is 10.1. The van der Waals surface area contributed by atoms with Gasteiger partial charge in [0.25, 0.3) is 0 Å². The van der Waals surface area contributed by atoms with E-state index in [-0.39, 0.29) is 24.0 Å². The Hall–Kier alpha value is -1.80. The third-order valence-electron chi connectivity index (χ3n) is 4.83. The molecule has 5 nitrogen and oxygen atoms in total. The number of rotatable bonds is 8. The number of nitrogens with one attached hydrogen (secondary N) is 1. The van der Waals surface area contributed by atoms with Gasteiger partial charge in [0.1, 0.15) is 12.4 Å². The van der Waals surface area contributed by atoms with Gasteiger partial charge in [-0.2, -0.15) is 0 Å². The molecular weight excluding hydrogens is 477 g/mol. The number of hydrogen-bond acceptors (Lipinski definition) is 3. The van der Waals surface area contributed by atoms with E-state index in [1.807, 2.05) is 36.4 Å². The summed E-state index contributed by atoms with van der Waals surface area (Å²) in [5.74, 6) is 2.41. The van der Waals surface area contributed by atoms with Crippen molar-refractivity contribution in [2.24, 2.45) is 10.9 Å². The van der Waals surface area contributed by atoms with Crippen LogP contribution in [0.15, 0.2) is 59.6 Å². The predicted octanol–water partition coefficient (Wildman–Crippen LogP) is 4.28. The van der Waals surface area contributed by atoms with Crippen LogP contribution in [0.3, 0.4) is 0 Å². The molecule has 0 aliphatic carbocycles. The summed E-state index contributed by atoms with van der Waals surface area (Å²) in [6.45, 7) is 6.78. The number of guanidine groups is 1. The van der Waals surface area contributed by atoms with E-state index >= 15 is 0 Å². The van der Waals surface area contributed by atoms with E-state index in [9.17, 15) is 0 Å². The first-order chi connectivity index (χ1) is 13.8. The molecule has 0 amide bonds. The zero-order valence-corrected chi connectivity index (χ0v) is 19.7. The van der Waals surface area contributed by atoms with Crippen LogP contribution in [0.4, 0.5) is 0 Å². The lowest BCUT2D eigenvalue weighted by molar-refractivity contribution is 0.181. The van der Waals surface area contributed by atoms with Crippen molar-refractivity contribution in [2.75, 3.05) is 46.5 Å². The molecule has 3 rings (SSSR count). The zero-order valence-electron chi connectivity index (χ0n) is 17.3. The molecular formula is C23H32IN3O2. The molecule has 1 aliphatic rings. The summed E-state index contributed by atoms with van der Waals surface area (Å²) in [6.07, 6.45) is 1.13. The molecule has 1 aliphatic heterocycles. The summed E-state index contributed by atoms with van der Waals surface area (Å²) in [5.41, 5.74) is 2.27. The summed E-state index contributed by atoms with van der Waals surface area (Å²) in [5, 5.41) is 3.37. The minimum atomic E-state index is 0. The van der Waals surface area contributed by atoms with Crippen molar-refractivity contribution in [3.63, 3.8) is 0 Å². The highest BCUT2D eigenvalue weighted by Crippen LogP contribution is 2.29. The van der Waals surface area contributed by atoms with E-state index in [2.05, 4.69) is 42.4 Å². The van der Waals surface area contributed by atoms with Crippen LogP contribution in [0, 0.1) is 5.92 Å². The molecule has 0 bridgehead atoms. The molecule has 0 spiro atoms. The first kappa shape index (κ1) is 23.5. The van der Waals surface area contributed by atoms with E-state index in [1.54, 1.807) is 0 Å². The molecule has 1 unspecified atom stereocenters. The lowest BCUT2D eigenvalue weighted by Crippen LogP contribution is -2.41. The van der Waals surface area contributed by atoms with Crippen molar-refractivity contribution in [3.05, 3.63) is 54.6 Å². The number of benzene rings is 2. The Morgan fingerprint density at radius 1 is 1.17 bits per heavy atom. The average Bonchev–Trinajstić information content (AvgIpc) is 3.24. The maximum Gasteiger partial charge on any atom is 0.193 e. The SMILES string of the molecule is CCNC(=NCCOc1ccccc1-c1ccccc1)N(C)CC1CCOC1.I. The highest BCUT2D eigenvalue weighted by Gasteiger charge is 2.19. The lowest BCUT2D eigenvalue weighted by atomic mass is 10.1. The summed E-state index contributed by atoms with van der Waals surface area (Å²) in [4.78, 5) is 6.93. The van der Waals surface area contributed by atoms with E-state index in [1.165, 1.54) is 0 Å². The largest absolute Gasteiger partial charge is 0.491 e. The molecule has 0 aromatic heterocycles. The molecule has 158 valence electrons. The fourth-order valence-electron chi connectivity index (χ4n) is 3.43. The Morgan fingerprint density at radius 3 is 2.66 bits per heavy atom. The third kappa shape index (κ3) is 7.19. The van der Waals surface area contributed by atoms with Crippen LogP contribution in [0.5, 0.6) is 5.75 Å². The van der Waals surface area contributed by atoms with Crippen molar-refractivity contribution >= 4 is 29.9 Å². The predicted molar refractivity (Wildman–Crippen MR) is 130 cm³/mol. The fraction of sp³-hybridized carbons (Fsp3) is 0.435. The van der Waals surface area contributed by atoms with Crippen LogP contribution in [-0.4, -0.2) is 57.4 Å². The monoisotopic (exact) mass is 509 g/mol. The van der Waals surface area contributed by atoms with Gasteiger partial charge in [0.05, 0.1) is 13.2 Å². The van der Waals surface area contributed by atoms with E-state index in [4.69, 9.17) is 14.5 Å². The van der Waals surface area contributed by atoms with Gasteiger partial charge in [-0.05, 0) is 25.0 Å². The highest BCUT2D eigenvalue weighted by atomic mass is 127. The van der Waals surface area contributed by atoms with Gasteiger partial charge in [0.15, 0.2) is 5.96 Å². The van der Waals surface area contributed by atoms with Crippen molar-refractivity contribution < 1.29 is 9.47 Å². The minimum Gasteiger partial charge on any atom is -0.491 e. The average molecular weight is 509 g/mol. The number of ether oxygens (including phenoxy) is 2. The number of hydrogen-bond donors (Lipinski definition) is 1. The molecule has 6 heteroatoms. The van der Waals surface area contributed by atoms with E-state index < -0.39 is 0 Å². The second-order valence-corrected chi connectivity index (χ2v) is 7.06. The summed E-state index contributed by atoms with van der Waals surface area (Å²) < 4.78 is 11.5. The van der Waals surface area contributed by atoms with Gasteiger partial charge in [-0.1, -0.05) is 48.5 Å². The normalized spacial score (nSPS) is 16.2. The van der Waals surface area contributed by atoms with Gasteiger partial charge in [0.2, 0.25) is 0 Å². The van der Waals surface area contributed by atoms with E-state index in [0.717, 1.165) is 55.6 Å². The Balaban J connectivity index is 0.00000300. The standard InChI is InChI=1S/C23H31N3O2.HI/c1-3-24-23(26(2)17-19-13-15-27-18-19)25-14-16-28-22-12-8-7-11-21(22)20-9-5-4-6-10-20;/h4-12,19H,3,13-18H2,1-2H3,(H,24,25);1H. The van der Waals surface area contributed by atoms with Crippen LogP contribution in [0.2, 0.25) is 0 Å². The van der Waals surface area contributed by atoms with Crippen molar-refractivity contribution in [3.8, 4) is 16.9 Å². The zero-order chi connectivity index (χ0) is 19.6. The second kappa shape index (κ2) is 12.7. The van der Waals surface area contributed by atoms with Gasteiger partial charge >= 0.3 is 0 Å². The molecule has 2 aromatic rings. The smallest absolute Gasteiger partial charge is 0.193 e. The van der Waals surface area contributed by atoms with Crippen molar-refractivity contribution in [1.29, 1.82) is 0 Å². The van der Waals surface area contributed by atoms with Gasteiger partial charge in [0, 0.05) is 38.2 Å². The fourth-order valence-corrected chi connectivity index (χ4v) is 3.43. The van der Waals surface area contributed by atoms with Gasteiger partial charge in [-0.25, -0.2) is 4.99 Å². The Morgan fingerprint density at radius 2 is 1.93 bits per heavy atom. The third-order valence-corrected chi connectivity index (χ3v) is 4.83. The maximum absolute atomic E-state index is 6.06. The second-order valence-electron chi connectivity index (χ2n) is 7.06. The molecule has 1 N–H and O–H groups in total. The number of aliphatic imine (C=N–C) groups is 1. The van der Waals surface area contributed by atoms with Gasteiger partial charge in [-0.3, -0.25) is 0 Å². The molecule has 0 saturated carbocycles. The van der Waals surface area contributed by atoms with Crippen LogP contribution < -0.4 is 10.1 Å². The quantitative estimate of drug-likeness (QED) is 0.250. The van der Waals surface area contributed by atoms with Crippen LogP contribution in [0.25, 0.3) is 11.1 Å². The summed E-state index contributed by atoms with van der Waals surface area (Å²) in [7, 11) is 2.09. The topological polar surface area (TPSA) is 46.1 Å². The molecule has 1 fully saturated rings. The molecule has 2 aromatic carbocycles. The lowest BCUT2D eigenvalue weighted by Gasteiger charge is -2.24. The summed E-state index contributed by atoms with van der Waals surface area (Å²) >= 11 is 0. The van der Waals surface area contributed by atoms with Crippen LogP contribution in [0.1, 0.15) is 13.3 Å². The number of para-hydroxylation sites is 1. The number of nitrogens with zero attached hydrogens (tertiary/aromatic N) is 2. The summed E-state index contributed by atoms with van der Waals surface area (Å²) in [6, 6.07) is 18.5. The molecule has 1 heterocycles. The Kier molecular flexibility index (Phi) is 10.3. The maximum atomic E-state index is 6.06. The Bertz CT molecular complexity index is 749. The number of halogens is 1. The molecule has 0 radical (unpaired) electrons. The van der Waals surface area contributed by atoms with Gasteiger partial charge < -0.3 is 19.7 Å². The van der Waals surface area contributed by atoms with Crippen molar-refractivity contribution in [1.82, 2.24) is 10.2 Å². The van der Waals surface area contributed by atoms with Crippen molar-refractivity contribution in [2.45, 2.75) is 13.3 Å². The van der Waals surface area contributed by atoms with E-state index in [0.29, 0.717) is 19.1 Å². The molecule has 1 atom stereocenters. The van der Waals surface area contributed by atoms with Gasteiger partial charge in [-0.15, -0.1) is 24.0 Å². The molecule has 29 heavy (non-hydrogen) atoms.